The van der Waals surface area contributed by atoms with E-state index in [1.165, 1.54) is 0 Å². The Balaban J connectivity index is 0.000000745. The van der Waals surface area contributed by atoms with Crippen LogP contribution < -0.4 is 16.8 Å². The maximum Gasteiger partial charge on any atom is 0.271 e. The van der Waals surface area contributed by atoms with E-state index >= 15 is 0 Å². The Labute approximate surface area is 133 Å². The Morgan fingerprint density at radius 1 is 1.50 bits per heavy atom. The van der Waals surface area contributed by atoms with Crippen molar-refractivity contribution >= 4 is 29.6 Å². The quantitative estimate of drug-likeness (QED) is 0.736. The van der Waals surface area contributed by atoms with Gasteiger partial charge in [0.1, 0.15) is 0 Å². The molecule has 0 fully saturated rings. The van der Waals surface area contributed by atoms with Crippen LogP contribution in [-0.4, -0.2) is 29.1 Å². The molecule has 0 saturated carbocycles. The zero-order chi connectivity index (χ0) is 16.7. The molecule has 0 radical (unpaired) electrons. The van der Waals surface area contributed by atoms with E-state index < -0.39 is 5.91 Å². The number of anilines is 1. The first kappa shape index (κ1) is 17.5. The highest BCUT2D eigenvalue weighted by molar-refractivity contribution is 6.32. The number of primary amides is 2. The molecule has 0 aliphatic rings. The first-order chi connectivity index (χ1) is 10.5. The van der Waals surface area contributed by atoms with E-state index in [0.717, 1.165) is 12.0 Å². The molecule has 0 saturated heterocycles. The maximum absolute atomic E-state index is 11.3. The summed E-state index contributed by atoms with van der Waals surface area (Å²) in [5.41, 5.74) is 12.1. The van der Waals surface area contributed by atoms with Crippen LogP contribution in [-0.2, 0) is 11.2 Å². The number of halogens is 1. The second-order valence-electron chi connectivity index (χ2n) is 4.23. The highest BCUT2D eigenvalue weighted by Gasteiger charge is 2.15. The van der Waals surface area contributed by atoms with Crippen LogP contribution >= 0.6 is 11.6 Å². The largest absolute Gasteiger partial charge is 0.385 e. The van der Waals surface area contributed by atoms with Crippen molar-refractivity contribution in [2.45, 2.75) is 13.3 Å². The number of carbonyl (C=O) groups excluding carboxylic acids is 2. The van der Waals surface area contributed by atoms with Gasteiger partial charge < -0.3 is 16.8 Å². The number of nitrogens with zero attached hydrogens (tertiary/aromatic N) is 2. The molecule has 0 spiro atoms. The highest BCUT2D eigenvalue weighted by atomic mass is 35.5. The van der Waals surface area contributed by atoms with Crippen LogP contribution in [0.5, 0.6) is 0 Å². The van der Waals surface area contributed by atoms with Gasteiger partial charge >= 0.3 is 0 Å². The summed E-state index contributed by atoms with van der Waals surface area (Å²) >= 11 is 6.23. The number of hydrogen-bond donors (Lipinski definition) is 3. The smallest absolute Gasteiger partial charge is 0.271 e. The number of nitrogens with one attached hydrogen (secondary N) is 1. The van der Waals surface area contributed by atoms with Crippen molar-refractivity contribution in [3.05, 3.63) is 40.7 Å². The standard InChI is InChI=1S/C13H15ClN4O.CH3NO/c1-3-8-4-5-11(9(14)6-8)18-7-10(16-2)12(17-18)13(15)19;2-1-3/h4-7,16H,3H2,1-2H3,(H2,15,19);1H,(H2,2,3). The van der Waals surface area contributed by atoms with Crippen LogP contribution in [0, 0.1) is 0 Å². The Hall–Kier alpha value is -2.54. The number of rotatable bonds is 4. The van der Waals surface area contributed by atoms with Crippen molar-refractivity contribution in [2.24, 2.45) is 11.5 Å². The van der Waals surface area contributed by atoms with Gasteiger partial charge in [-0.05, 0) is 24.1 Å². The molecule has 1 aromatic heterocycles. The number of aromatic nitrogens is 2. The summed E-state index contributed by atoms with van der Waals surface area (Å²) in [4.78, 5) is 19.9. The summed E-state index contributed by atoms with van der Waals surface area (Å²) in [7, 11) is 1.70. The molecule has 22 heavy (non-hydrogen) atoms. The van der Waals surface area contributed by atoms with Crippen LogP contribution in [0.2, 0.25) is 5.02 Å². The molecule has 8 heteroatoms. The second kappa shape index (κ2) is 8.04. The fourth-order valence-electron chi connectivity index (χ4n) is 1.82. The van der Waals surface area contributed by atoms with E-state index in [-0.39, 0.29) is 12.1 Å². The zero-order valence-corrected chi connectivity index (χ0v) is 13.1. The molecular weight excluding hydrogens is 306 g/mol. The number of nitrogens with two attached hydrogens (primary N) is 2. The van der Waals surface area contributed by atoms with Crippen LogP contribution in [0.4, 0.5) is 5.69 Å². The van der Waals surface area contributed by atoms with Crippen LogP contribution in [0.1, 0.15) is 23.0 Å². The van der Waals surface area contributed by atoms with Crippen molar-refractivity contribution in [3.8, 4) is 5.69 Å². The molecule has 0 atom stereocenters. The van der Waals surface area contributed by atoms with Crippen LogP contribution in [0.25, 0.3) is 5.69 Å². The average Bonchev–Trinajstić information content (AvgIpc) is 2.92. The Morgan fingerprint density at radius 2 is 2.14 bits per heavy atom. The summed E-state index contributed by atoms with van der Waals surface area (Å²) in [5, 5.41) is 7.63. The zero-order valence-electron chi connectivity index (χ0n) is 12.3. The van der Waals surface area contributed by atoms with Gasteiger partial charge in [0.15, 0.2) is 5.69 Å². The van der Waals surface area contributed by atoms with Crippen LogP contribution in [0.3, 0.4) is 0 Å². The lowest BCUT2D eigenvalue weighted by Gasteiger charge is -2.05. The lowest BCUT2D eigenvalue weighted by Crippen LogP contribution is -2.14. The molecule has 2 aromatic rings. The summed E-state index contributed by atoms with van der Waals surface area (Å²) in [6, 6.07) is 5.74. The first-order valence-electron chi connectivity index (χ1n) is 6.49. The third kappa shape index (κ3) is 3.98. The normalized spacial score (nSPS) is 9.59. The Kier molecular flexibility index (Phi) is 6.40. The van der Waals surface area contributed by atoms with Crippen molar-refractivity contribution in [1.29, 1.82) is 0 Å². The second-order valence-corrected chi connectivity index (χ2v) is 4.63. The molecule has 7 nitrogen and oxygen atoms in total. The van der Waals surface area contributed by atoms with Gasteiger partial charge in [-0.15, -0.1) is 0 Å². The average molecular weight is 324 g/mol. The van der Waals surface area contributed by atoms with Gasteiger partial charge in [0.25, 0.3) is 5.91 Å². The molecule has 1 aromatic carbocycles. The molecule has 1 heterocycles. The number of amides is 2. The molecule has 0 bridgehead atoms. The van der Waals surface area contributed by atoms with Gasteiger partial charge in [0, 0.05) is 7.05 Å². The fraction of sp³-hybridized carbons (Fsp3) is 0.214. The van der Waals surface area contributed by atoms with Gasteiger partial charge in [0.2, 0.25) is 6.41 Å². The van der Waals surface area contributed by atoms with Gasteiger partial charge in [-0.3, -0.25) is 9.59 Å². The van der Waals surface area contributed by atoms with Gasteiger partial charge in [0.05, 0.1) is 22.6 Å². The third-order valence-electron chi connectivity index (χ3n) is 2.88. The SMILES string of the molecule is CCc1ccc(-n2cc(NC)c(C(N)=O)n2)c(Cl)c1.NC=O. The molecule has 0 aliphatic heterocycles. The Morgan fingerprint density at radius 3 is 2.55 bits per heavy atom. The van der Waals surface area contributed by atoms with Crippen molar-refractivity contribution < 1.29 is 9.59 Å². The van der Waals surface area contributed by atoms with Crippen molar-refractivity contribution in [2.75, 3.05) is 12.4 Å². The minimum Gasteiger partial charge on any atom is -0.385 e. The van der Waals surface area contributed by atoms with Crippen molar-refractivity contribution in [3.63, 3.8) is 0 Å². The minimum absolute atomic E-state index is 0.193. The fourth-order valence-corrected chi connectivity index (χ4v) is 2.11. The molecule has 0 aliphatic carbocycles. The van der Waals surface area contributed by atoms with E-state index in [1.807, 2.05) is 18.2 Å². The molecule has 2 rings (SSSR count). The Bertz CT molecular complexity index is 669. The third-order valence-corrected chi connectivity index (χ3v) is 3.19. The molecule has 118 valence electrons. The monoisotopic (exact) mass is 323 g/mol. The molecule has 5 N–H and O–H groups in total. The maximum atomic E-state index is 11.3. The van der Waals surface area contributed by atoms with E-state index in [4.69, 9.17) is 22.1 Å². The van der Waals surface area contributed by atoms with E-state index in [1.54, 1.807) is 17.9 Å². The van der Waals surface area contributed by atoms with E-state index in [2.05, 4.69) is 23.1 Å². The van der Waals surface area contributed by atoms with Crippen molar-refractivity contribution in [1.82, 2.24) is 9.78 Å². The topological polar surface area (TPSA) is 116 Å². The minimum atomic E-state index is -0.579. The van der Waals surface area contributed by atoms with E-state index in [0.29, 0.717) is 16.4 Å². The summed E-state index contributed by atoms with van der Waals surface area (Å²) in [6.07, 6.45) is 2.85. The number of hydrogen-bond acceptors (Lipinski definition) is 4. The first-order valence-corrected chi connectivity index (χ1v) is 6.87. The van der Waals surface area contributed by atoms with Gasteiger partial charge in [-0.2, -0.15) is 5.10 Å². The molecule has 2 amide bonds. The predicted octanol–water partition coefficient (Wildman–Crippen LogP) is 1.33. The summed E-state index contributed by atoms with van der Waals surface area (Å²) in [5.74, 6) is -0.579. The number of carbonyl (C=O) groups is 2. The number of aryl methyl sites for hydroxylation is 1. The lowest BCUT2D eigenvalue weighted by molar-refractivity contribution is -0.106. The summed E-state index contributed by atoms with van der Waals surface area (Å²) in [6.45, 7) is 2.06. The molecular formula is C14H18ClN5O2. The van der Waals surface area contributed by atoms with Gasteiger partial charge in [-0.25, -0.2) is 4.68 Å². The number of benzene rings is 1. The molecule has 0 unspecified atom stereocenters. The summed E-state index contributed by atoms with van der Waals surface area (Å²) < 4.78 is 1.55. The highest BCUT2D eigenvalue weighted by Crippen LogP contribution is 2.24. The van der Waals surface area contributed by atoms with E-state index in [9.17, 15) is 4.79 Å². The van der Waals surface area contributed by atoms with Gasteiger partial charge in [-0.1, -0.05) is 24.6 Å². The lowest BCUT2D eigenvalue weighted by atomic mass is 10.1. The van der Waals surface area contributed by atoms with Crippen LogP contribution in [0.15, 0.2) is 24.4 Å². The predicted molar refractivity (Wildman–Crippen MR) is 86.3 cm³/mol.